The van der Waals surface area contributed by atoms with Crippen molar-refractivity contribution in [3.05, 3.63) is 12.2 Å². The Kier molecular flexibility index (Phi) is 2.83. The van der Waals surface area contributed by atoms with E-state index in [0.29, 0.717) is 25.7 Å². The topological polar surface area (TPSA) is 115 Å². The second kappa shape index (κ2) is 4.32. The van der Waals surface area contributed by atoms with Crippen molar-refractivity contribution < 1.29 is 30.0 Å². The molecule has 9 atom stereocenters. The highest BCUT2D eigenvalue weighted by atomic mass is 16.4. The SMILES string of the molecule is C=C1C(=O)[C@]23[C@H](O)[C@H]1CC[C@H]2[C@]12[C@H](C(=O)[C@@]3(O)[C@@H]1O)C(C)(C)CC[C@@H]2O. The minimum atomic E-state index is -2.36. The van der Waals surface area contributed by atoms with Crippen molar-refractivity contribution in [1.82, 2.24) is 0 Å². The van der Waals surface area contributed by atoms with E-state index in [2.05, 4.69) is 6.58 Å². The third-order valence-electron chi connectivity index (χ3n) is 8.94. The summed E-state index contributed by atoms with van der Waals surface area (Å²) in [6.07, 6.45) is -1.83. The first kappa shape index (κ1) is 17.0. The van der Waals surface area contributed by atoms with E-state index >= 15 is 0 Å². The van der Waals surface area contributed by atoms with Crippen molar-refractivity contribution in [3.8, 4) is 0 Å². The van der Waals surface area contributed by atoms with Crippen molar-refractivity contribution in [2.24, 2.45) is 34.0 Å². The van der Waals surface area contributed by atoms with Crippen LogP contribution in [-0.4, -0.2) is 55.9 Å². The van der Waals surface area contributed by atoms with E-state index in [1.807, 2.05) is 13.8 Å². The predicted molar refractivity (Wildman–Crippen MR) is 89.7 cm³/mol. The van der Waals surface area contributed by atoms with E-state index < -0.39 is 69.5 Å². The molecule has 0 aromatic rings. The highest BCUT2D eigenvalue weighted by Crippen LogP contribution is 2.80. The zero-order chi connectivity index (χ0) is 19.0. The van der Waals surface area contributed by atoms with E-state index in [1.165, 1.54) is 0 Å². The average molecular weight is 362 g/mol. The fourth-order valence-electron chi connectivity index (χ4n) is 8.12. The van der Waals surface area contributed by atoms with Crippen LogP contribution in [0, 0.1) is 34.0 Å². The minimum absolute atomic E-state index is 0.235. The molecule has 0 aliphatic heterocycles. The van der Waals surface area contributed by atoms with Gasteiger partial charge in [-0.15, -0.1) is 0 Å². The van der Waals surface area contributed by atoms with Gasteiger partial charge >= 0.3 is 0 Å². The summed E-state index contributed by atoms with van der Waals surface area (Å²) in [5.41, 5.74) is -5.70. The second-order valence-electron chi connectivity index (χ2n) is 9.91. The van der Waals surface area contributed by atoms with Crippen LogP contribution >= 0.6 is 0 Å². The molecule has 5 fully saturated rings. The lowest BCUT2D eigenvalue weighted by Crippen LogP contribution is -2.69. The molecular weight excluding hydrogens is 336 g/mol. The summed E-state index contributed by atoms with van der Waals surface area (Å²) >= 11 is 0. The van der Waals surface area contributed by atoms with Crippen LogP contribution in [0.25, 0.3) is 0 Å². The van der Waals surface area contributed by atoms with E-state index in [4.69, 9.17) is 0 Å². The molecule has 0 aromatic carbocycles. The van der Waals surface area contributed by atoms with E-state index in [9.17, 15) is 30.0 Å². The van der Waals surface area contributed by atoms with Gasteiger partial charge in [0, 0.05) is 17.3 Å². The van der Waals surface area contributed by atoms with Crippen LogP contribution in [0.5, 0.6) is 0 Å². The second-order valence-corrected chi connectivity index (χ2v) is 9.91. The van der Waals surface area contributed by atoms with Gasteiger partial charge < -0.3 is 20.4 Å². The van der Waals surface area contributed by atoms with Crippen LogP contribution in [0.3, 0.4) is 0 Å². The van der Waals surface area contributed by atoms with Crippen molar-refractivity contribution in [1.29, 1.82) is 0 Å². The number of ketones is 2. The van der Waals surface area contributed by atoms with Crippen molar-refractivity contribution in [3.63, 3.8) is 0 Å². The minimum Gasteiger partial charge on any atom is -0.392 e. The predicted octanol–water partition coefficient (Wildman–Crippen LogP) is -0.0294. The van der Waals surface area contributed by atoms with Crippen LogP contribution in [0.1, 0.15) is 39.5 Å². The number of hydrogen-bond donors (Lipinski definition) is 4. The summed E-state index contributed by atoms with van der Waals surface area (Å²) < 4.78 is 0. The molecule has 0 aromatic heterocycles. The number of carbonyl (C=O) groups is 2. The third-order valence-corrected chi connectivity index (χ3v) is 8.94. The lowest BCUT2D eigenvalue weighted by atomic mass is 9.43. The Morgan fingerprint density at radius 3 is 2.38 bits per heavy atom. The molecule has 0 radical (unpaired) electrons. The highest BCUT2D eigenvalue weighted by molar-refractivity contribution is 6.12. The first-order chi connectivity index (χ1) is 12.0. The van der Waals surface area contributed by atoms with Gasteiger partial charge in [-0.2, -0.15) is 0 Å². The van der Waals surface area contributed by atoms with Crippen LogP contribution in [0.2, 0.25) is 0 Å². The van der Waals surface area contributed by atoms with Gasteiger partial charge in [0.15, 0.2) is 17.2 Å². The molecule has 5 saturated carbocycles. The van der Waals surface area contributed by atoms with E-state index in [-0.39, 0.29) is 5.57 Å². The first-order valence-corrected chi connectivity index (χ1v) is 9.56. The summed E-state index contributed by atoms with van der Waals surface area (Å²) in [5, 5.41) is 45.0. The van der Waals surface area contributed by atoms with E-state index in [1.54, 1.807) is 0 Å². The number of carbonyl (C=O) groups excluding carboxylic acids is 2. The smallest absolute Gasteiger partial charge is 0.172 e. The van der Waals surface area contributed by atoms with Crippen molar-refractivity contribution >= 4 is 11.6 Å². The Morgan fingerprint density at radius 1 is 1.08 bits per heavy atom. The first-order valence-electron chi connectivity index (χ1n) is 9.56. The largest absolute Gasteiger partial charge is 0.392 e. The number of hydrogen-bond acceptors (Lipinski definition) is 6. The molecule has 0 amide bonds. The van der Waals surface area contributed by atoms with Gasteiger partial charge in [0.1, 0.15) is 11.5 Å². The Bertz CT molecular complexity index is 772. The van der Waals surface area contributed by atoms with Gasteiger partial charge in [0.2, 0.25) is 0 Å². The number of aliphatic hydroxyl groups excluding tert-OH is 3. The van der Waals surface area contributed by atoms with E-state index in [0.717, 1.165) is 0 Å². The zero-order valence-electron chi connectivity index (χ0n) is 15.1. The lowest BCUT2D eigenvalue weighted by Gasteiger charge is -2.59. The Morgan fingerprint density at radius 2 is 1.73 bits per heavy atom. The van der Waals surface area contributed by atoms with Crippen molar-refractivity contribution in [2.45, 2.75) is 63.4 Å². The molecule has 142 valence electrons. The molecule has 4 bridgehead atoms. The molecule has 5 aliphatic carbocycles. The summed E-state index contributed by atoms with van der Waals surface area (Å²) in [5.74, 6) is -2.96. The fraction of sp³-hybridized carbons (Fsp3) is 0.800. The molecule has 6 heteroatoms. The molecule has 6 nitrogen and oxygen atoms in total. The van der Waals surface area contributed by atoms with Crippen molar-refractivity contribution in [2.75, 3.05) is 0 Å². The quantitative estimate of drug-likeness (QED) is 0.450. The number of fused-ring (bicyclic) bond motifs is 2. The van der Waals surface area contributed by atoms with Crippen LogP contribution in [0.15, 0.2) is 12.2 Å². The van der Waals surface area contributed by atoms with Gasteiger partial charge in [0.05, 0.1) is 12.2 Å². The maximum atomic E-state index is 13.5. The van der Waals surface area contributed by atoms with Crippen LogP contribution < -0.4 is 0 Å². The molecule has 0 unspecified atom stereocenters. The normalized spacial score (nSPS) is 59.5. The Labute approximate surface area is 151 Å². The van der Waals surface area contributed by atoms with Gasteiger partial charge in [-0.3, -0.25) is 9.59 Å². The van der Waals surface area contributed by atoms with Gasteiger partial charge in [-0.1, -0.05) is 20.4 Å². The summed E-state index contributed by atoms with van der Waals surface area (Å²) in [6.45, 7) is 7.66. The molecule has 2 spiro atoms. The highest BCUT2D eigenvalue weighted by Gasteiger charge is 2.93. The summed E-state index contributed by atoms with van der Waals surface area (Å²) in [6, 6.07) is 0. The number of Topliss-reactive ketones (excluding diaryl/α,β-unsaturated/α-hetero) is 2. The van der Waals surface area contributed by atoms with Gasteiger partial charge in [-0.25, -0.2) is 0 Å². The third kappa shape index (κ3) is 1.22. The Balaban J connectivity index is 1.86. The van der Waals surface area contributed by atoms with Crippen LogP contribution in [-0.2, 0) is 9.59 Å². The summed E-state index contributed by atoms with van der Waals surface area (Å²) in [4.78, 5) is 26.8. The molecule has 26 heavy (non-hydrogen) atoms. The zero-order valence-corrected chi connectivity index (χ0v) is 15.1. The Hall–Kier alpha value is -1.08. The molecule has 5 rings (SSSR count). The average Bonchev–Trinajstić information content (AvgIpc) is 2.91. The number of rotatable bonds is 0. The van der Waals surface area contributed by atoms with Gasteiger partial charge in [-0.05, 0) is 42.6 Å². The summed E-state index contributed by atoms with van der Waals surface area (Å²) in [7, 11) is 0. The fourth-order valence-corrected chi connectivity index (χ4v) is 8.12. The maximum Gasteiger partial charge on any atom is 0.172 e. The number of aliphatic hydroxyl groups is 4. The van der Waals surface area contributed by atoms with Crippen LogP contribution in [0.4, 0.5) is 0 Å². The standard InChI is InChI=1S/C20H26O6/c1-8-9-4-5-10-18-11(21)6-7-17(2,3)12(18)15(24)20(26,16(18)25)19(10,13(8)22)14(9)23/h9-12,14,16,21,23,25-26H,1,4-7H2,2-3H3/t9-,10-,11-,12+,14+,16+,18-,19-,20+/m0/s1. The monoisotopic (exact) mass is 362 g/mol. The van der Waals surface area contributed by atoms with Gasteiger partial charge in [0.25, 0.3) is 0 Å². The molecule has 4 N–H and O–H groups in total. The lowest BCUT2D eigenvalue weighted by molar-refractivity contribution is -0.210. The molecule has 0 heterocycles. The molecule has 0 saturated heterocycles. The maximum absolute atomic E-state index is 13.5. The molecule has 5 aliphatic rings. The molecular formula is C20H26O6.